The van der Waals surface area contributed by atoms with E-state index in [1.807, 2.05) is 31.2 Å². The van der Waals surface area contributed by atoms with Crippen LogP contribution in [0.3, 0.4) is 0 Å². The van der Waals surface area contributed by atoms with Crippen LogP contribution in [0.5, 0.6) is 5.75 Å². The Labute approximate surface area is 139 Å². The van der Waals surface area contributed by atoms with Crippen LogP contribution in [0.15, 0.2) is 48.5 Å². The molecule has 0 saturated carbocycles. The van der Waals surface area contributed by atoms with E-state index in [-0.39, 0.29) is 0 Å². The fourth-order valence-electron chi connectivity index (χ4n) is 2.05. The van der Waals surface area contributed by atoms with Gasteiger partial charge in [0.1, 0.15) is 12.4 Å². The Morgan fingerprint density at radius 1 is 1.21 bits per heavy atom. The van der Waals surface area contributed by atoms with Crippen LogP contribution in [0.25, 0.3) is 0 Å². The van der Waals surface area contributed by atoms with Gasteiger partial charge in [-0.05, 0) is 24.6 Å². The highest BCUT2D eigenvalue weighted by atomic mass is 16.5. The number of ether oxygens (including phenoxy) is 1. The summed E-state index contributed by atoms with van der Waals surface area (Å²) in [6, 6.07) is 13.7. The van der Waals surface area contributed by atoms with Crippen LogP contribution in [-0.4, -0.2) is 18.5 Å². The first-order chi connectivity index (χ1) is 11.4. The van der Waals surface area contributed by atoms with Gasteiger partial charge in [0.2, 0.25) is 0 Å². The molecular formula is C17H18N3O4-. The Morgan fingerprint density at radius 2 is 1.92 bits per heavy atom. The number of anilines is 1. The average molecular weight is 328 g/mol. The Bertz CT molecular complexity index is 700. The molecule has 0 aliphatic rings. The lowest BCUT2D eigenvalue weighted by atomic mass is 10.2. The first-order valence-electron chi connectivity index (χ1n) is 7.26. The van der Waals surface area contributed by atoms with Gasteiger partial charge in [0.05, 0.1) is 18.2 Å². The lowest BCUT2D eigenvalue weighted by molar-refractivity contribution is -0.303. The van der Waals surface area contributed by atoms with Gasteiger partial charge in [0.25, 0.3) is 0 Å². The molecule has 3 N–H and O–H groups in total. The van der Waals surface area contributed by atoms with Gasteiger partial charge >= 0.3 is 6.03 Å². The summed E-state index contributed by atoms with van der Waals surface area (Å²) in [5.41, 5.74) is 9.87. The number of aryl methyl sites for hydroxylation is 1. The molecule has 0 radical (unpaired) electrons. The van der Waals surface area contributed by atoms with E-state index in [0.717, 1.165) is 16.1 Å². The topological polar surface area (TPSA) is 108 Å². The predicted octanol–water partition coefficient (Wildman–Crippen LogP) is 0.714. The molecule has 0 saturated heterocycles. The Kier molecular flexibility index (Phi) is 5.62. The third-order valence-electron chi connectivity index (χ3n) is 3.19. The van der Waals surface area contributed by atoms with Crippen molar-refractivity contribution in [3.8, 4) is 5.75 Å². The third kappa shape index (κ3) is 5.20. The fourth-order valence-corrected chi connectivity index (χ4v) is 2.05. The quantitative estimate of drug-likeness (QED) is 0.728. The largest absolute Gasteiger partial charge is 0.548 e. The summed E-state index contributed by atoms with van der Waals surface area (Å²) in [5.74, 6) is -0.822. The van der Waals surface area contributed by atoms with Crippen LogP contribution in [0.2, 0.25) is 0 Å². The van der Waals surface area contributed by atoms with Crippen molar-refractivity contribution >= 4 is 17.7 Å². The number of rotatable bonds is 7. The molecule has 0 aliphatic carbocycles. The molecule has 0 unspecified atom stereocenters. The molecular weight excluding hydrogens is 310 g/mol. The summed E-state index contributed by atoms with van der Waals surface area (Å²) in [6.07, 6.45) is 0. The van der Waals surface area contributed by atoms with Gasteiger partial charge in [-0.3, -0.25) is 5.01 Å². The number of carboxylic acid groups (broad SMARTS) is 1. The number of nitrogens with one attached hydrogen (secondary N) is 1. The van der Waals surface area contributed by atoms with Gasteiger partial charge in [-0.1, -0.05) is 35.9 Å². The molecule has 0 spiro atoms. The molecule has 2 amide bonds. The molecule has 0 aromatic heterocycles. The number of nitrogens with zero attached hydrogens (tertiary/aromatic N) is 1. The third-order valence-corrected chi connectivity index (χ3v) is 3.19. The van der Waals surface area contributed by atoms with Crippen molar-refractivity contribution < 1.29 is 19.4 Å². The van der Waals surface area contributed by atoms with E-state index < -0.39 is 18.5 Å². The van der Waals surface area contributed by atoms with Crippen LogP contribution in [0.1, 0.15) is 11.1 Å². The minimum absolute atomic E-state index is 0.369. The Balaban J connectivity index is 2.09. The zero-order valence-corrected chi connectivity index (χ0v) is 13.2. The van der Waals surface area contributed by atoms with Crippen LogP contribution in [0.4, 0.5) is 10.5 Å². The second-order valence-corrected chi connectivity index (χ2v) is 5.21. The zero-order chi connectivity index (χ0) is 17.5. The number of aliphatic carboxylic acids is 1. The van der Waals surface area contributed by atoms with Gasteiger partial charge in [0, 0.05) is 6.07 Å². The highest BCUT2D eigenvalue weighted by Crippen LogP contribution is 2.21. The van der Waals surface area contributed by atoms with Gasteiger partial charge in [-0.25, -0.2) is 10.2 Å². The minimum Gasteiger partial charge on any atom is -0.548 e. The molecule has 0 aliphatic heterocycles. The van der Waals surface area contributed by atoms with Gasteiger partial charge in [-0.15, -0.1) is 0 Å². The van der Waals surface area contributed by atoms with Crippen LogP contribution in [0, 0.1) is 6.92 Å². The number of hydrogen-bond donors (Lipinski definition) is 2. The maximum Gasteiger partial charge on any atom is 0.330 e. The monoisotopic (exact) mass is 328 g/mol. The van der Waals surface area contributed by atoms with Crippen molar-refractivity contribution in [2.75, 3.05) is 11.6 Å². The first kappa shape index (κ1) is 17.1. The van der Waals surface area contributed by atoms with Crippen molar-refractivity contribution in [2.45, 2.75) is 13.5 Å². The molecule has 0 bridgehead atoms. The van der Waals surface area contributed by atoms with Crippen molar-refractivity contribution in [2.24, 2.45) is 5.73 Å². The second-order valence-electron chi connectivity index (χ2n) is 5.21. The summed E-state index contributed by atoms with van der Waals surface area (Å²) in [6.45, 7) is 1.84. The normalized spacial score (nSPS) is 10.0. The summed E-state index contributed by atoms with van der Waals surface area (Å²) >= 11 is 0. The van der Waals surface area contributed by atoms with Crippen LogP contribution in [-0.2, 0) is 11.4 Å². The van der Waals surface area contributed by atoms with E-state index in [4.69, 9.17) is 10.5 Å². The summed E-state index contributed by atoms with van der Waals surface area (Å²) in [7, 11) is 0. The number of nitrogens with two attached hydrogens (primary N) is 1. The molecule has 2 aromatic rings. The number of benzene rings is 2. The highest BCUT2D eigenvalue weighted by molar-refractivity contribution is 5.78. The molecule has 0 heterocycles. The molecule has 7 nitrogen and oxygen atoms in total. The second kappa shape index (κ2) is 7.87. The SMILES string of the molecule is Cc1ccc(COc2cccc(N(CC(=O)[O-])NC(N)=O)c2)cc1. The lowest BCUT2D eigenvalue weighted by Crippen LogP contribution is -2.50. The molecule has 2 rings (SSSR count). The lowest BCUT2D eigenvalue weighted by Gasteiger charge is -2.25. The van der Waals surface area contributed by atoms with Crippen LogP contribution >= 0.6 is 0 Å². The number of hydrazine groups is 1. The van der Waals surface area contributed by atoms with E-state index in [1.54, 1.807) is 24.3 Å². The Morgan fingerprint density at radius 3 is 2.54 bits per heavy atom. The minimum atomic E-state index is -1.35. The van der Waals surface area contributed by atoms with E-state index in [0.29, 0.717) is 18.0 Å². The van der Waals surface area contributed by atoms with Crippen molar-refractivity contribution in [3.05, 3.63) is 59.7 Å². The van der Waals surface area contributed by atoms with Crippen molar-refractivity contribution in [1.29, 1.82) is 0 Å². The van der Waals surface area contributed by atoms with Crippen molar-refractivity contribution in [3.63, 3.8) is 0 Å². The number of carbonyl (C=O) groups excluding carboxylic acids is 2. The number of carbonyl (C=O) groups is 2. The molecule has 126 valence electrons. The van der Waals surface area contributed by atoms with Gasteiger partial charge in [0.15, 0.2) is 0 Å². The number of carboxylic acids is 1. The summed E-state index contributed by atoms with van der Waals surface area (Å²) in [5, 5.41) is 11.9. The van der Waals surface area contributed by atoms with E-state index >= 15 is 0 Å². The summed E-state index contributed by atoms with van der Waals surface area (Å²) in [4.78, 5) is 21.8. The average Bonchev–Trinajstić information content (AvgIpc) is 2.53. The van der Waals surface area contributed by atoms with Gasteiger partial charge in [-0.2, -0.15) is 0 Å². The van der Waals surface area contributed by atoms with E-state index in [1.165, 1.54) is 0 Å². The molecule has 0 atom stereocenters. The molecule has 24 heavy (non-hydrogen) atoms. The number of urea groups is 1. The molecule has 2 aromatic carbocycles. The number of primary amides is 1. The number of amides is 2. The first-order valence-corrected chi connectivity index (χ1v) is 7.26. The smallest absolute Gasteiger partial charge is 0.330 e. The van der Waals surface area contributed by atoms with Gasteiger partial charge < -0.3 is 20.4 Å². The van der Waals surface area contributed by atoms with E-state index in [9.17, 15) is 14.7 Å². The summed E-state index contributed by atoms with van der Waals surface area (Å²) < 4.78 is 5.70. The van der Waals surface area contributed by atoms with E-state index in [2.05, 4.69) is 5.43 Å². The maximum atomic E-state index is 11.0. The maximum absolute atomic E-state index is 11.0. The standard InChI is InChI=1S/C17H19N3O4/c1-12-5-7-13(8-6-12)11-24-15-4-2-3-14(9-15)20(10-16(21)22)19-17(18)23/h2-9H,10-11H2,1H3,(H,21,22)(H3,18,19,23)/p-1. The Hall–Kier alpha value is -3.22. The fraction of sp³-hybridized carbons (Fsp3) is 0.176. The number of hydrogen-bond acceptors (Lipinski definition) is 5. The van der Waals surface area contributed by atoms with Crippen LogP contribution < -0.4 is 26.0 Å². The zero-order valence-electron chi connectivity index (χ0n) is 13.2. The molecule has 7 heteroatoms. The van der Waals surface area contributed by atoms with Crippen molar-refractivity contribution in [1.82, 2.24) is 5.43 Å². The molecule has 0 fully saturated rings. The predicted molar refractivity (Wildman–Crippen MR) is 87.0 cm³/mol. The highest BCUT2D eigenvalue weighted by Gasteiger charge is 2.10.